The van der Waals surface area contributed by atoms with Crippen molar-refractivity contribution in [3.8, 4) is 0 Å². The van der Waals surface area contributed by atoms with Gasteiger partial charge in [0.15, 0.2) is 0 Å². The van der Waals surface area contributed by atoms with Gasteiger partial charge in [0.25, 0.3) is 0 Å². The molecule has 4 heteroatoms. The van der Waals surface area contributed by atoms with Crippen LogP contribution in [-0.2, 0) is 11.3 Å². The van der Waals surface area contributed by atoms with Crippen molar-refractivity contribution >= 4 is 0 Å². The van der Waals surface area contributed by atoms with Crippen LogP contribution in [0.2, 0.25) is 0 Å². The molecule has 1 aromatic rings. The molecule has 1 N–H and O–H groups in total. The van der Waals surface area contributed by atoms with Crippen molar-refractivity contribution in [1.29, 1.82) is 0 Å². The number of ether oxygens (including phenoxy) is 1. The third kappa shape index (κ3) is 2.96. The largest absolute Gasteiger partial charge is 0.373 e. The molecule has 3 rings (SSSR count). The summed E-state index contributed by atoms with van der Waals surface area (Å²) in [5.41, 5.74) is 1.28. The second kappa shape index (κ2) is 5.57. The molecule has 0 radical (unpaired) electrons. The molecule has 3 heterocycles. The van der Waals surface area contributed by atoms with Crippen molar-refractivity contribution in [2.75, 3.05) is 26.7 Å². The van der Waals surface area contributed by atoms with Crippen molar-refractivity contribution < 1.29 is 4.74 Å². The number of likely N-dealkylation sites (N-methyl/N-ethyl adjacent to an activating group) is 1. The van der Waals surface area contributed by atoms with Crippen molar-refractivity contribution in [3.05, 3.63) is 30.1 Å². The fourth-order valence-electron chi connectivity index (χ4n) is 3.21. The predicted molar refractivity (Wildman–Crippen MR) is 74.9 cm³/mol. The zero-order chi connectivity index (χ0) is 13.1. The maximum absolute atomic E-state index is 6.15. The first-order valence-electron chi connectivity index (χ1n) is 7.22. The van der Waals surface area contributed by atoms with Crippen LogP contribution in [0.25, 0.3) is 0 Å². The van der Waals surface area contributed by atoms with Gasteiger partial charge in [0.2, 0.25) is 0 Å². The molecule has 104 valence electrons. The standard InChI is InChI=1S/C15H23N3O/c1-18(11-13-4-2-3-7-17-13)14-10-15(19-12-14)5-8-16-9-6-15/h2-4,7,14,16H,5-6,8-12H2,1H3. The third-order valence-electron chi connectivity index (χ3n) is 4.47. The Labute approximate surface area is 115 Å². The van der Waals surface area contributed by atoms with E-state index in [2.05, 4.69) is 34.4 Å². The van der Waals surface area contributed by atoms with E-state index >= 15 is 0 Å². The van der Waals surface area contributed by atoms with Crippen molar-refractivity contribution in [1.82, 2.24) is 15.2 Å². The van der Waals surface area contributed by atoms with Gasteiger partial charge in [-0.25, -0.2) is 0 Å². The number of aromatic nitrogens is 1. The molecule has 2 fully saturated rings. The summed E-state index contributed by atoms with van der Waals surface area (Å²) in [7, 11) is 2.18. The monoisotopic (exact) mass is 261 g/mol. The Morgan fingerprint density at radius 2 is 2.26 bits per heavy atom. The summed E-state index contributed by atoms with van der Waals surface area (Å²) < 4.78 is 6.15. The van der Waals surface area contributed by atoms with E-state index in [0.29, 0.717) is 6.04 Å². The Kier molecular flexibility index (Phi) is 3.82. The lowest BCUT2D eigenvalue weighted by atomic mass is 9.88. The van der Waals surface area contributed by atoms with Gasteiger partial charge in [-0.2, -0.15) is 0 Å². The van der Waals surface area contributed by atoms with E-state index in [9.17, 15) is 0 Å². The van der Waals surface area contributed by atoms with E-state index in [1.54, 1.807) is 0 Å². The molecule has 2 aliphatic rings. The van der Waals surface area contributed by atoms with Crippen molar-refractivity contribution in [3.63, 3.8) is 0 Å². The quantitative estimate of drug-likeness (QED) is 0.893. The maximum Gasteiger partial charge on any atom is 0.0723 e. The molecule has 1 unspecified atom stereocenters. The molecule has 0 aromatic carbocycles. The Morgan fingerprint density at radius 3 is 3.00 bits per heavy atom. The molecule has 19 heavy (non-hydrogen) atoms. The number of hydrogen-bond acceptors (Lipinski definition) is 4. The van der Waals surface area contributed by atoms with E-state index in [0.717, 1.165) is 51.2 Å². The summed E-state index contributed by atoms with van der Waals surface area (Å²) in [5, 5.41) is 3.42. The minimum atomic E-state index is 0.147. The minimum Gasteiger partial charge on any atom is -0.373 e. The van der Waals surface area contributed by atoms with Crippen LogP contribution in [0.4, 0.5) is 0 Å². The van der Waals surface area contributed by atoms with Gasteiger partial charge < -0.3 is 10.1 Å². The normalized spacial score (nSPS) is 26.1. The molecule has 2 saturated heterocycles. The number of piperidine rings is 1. The fraction of sp³-hybridized carbons (Fsp3) is 0.667. The van der Waals surface area contributed by atoms with Gasteiger partial charge in [0, 0.05) is 18.8 Å². The summed E-state index contributed by atoms with van der Waals surface area (Å²) in [6, 6.07) is 6.63. The van der Waals surface area contributed by atoms with E-state index in [4.69, 9.17) is 4.74 Å². The molecule has 0 amide bonds. The summed E-state index contributed by atoms with van der Waals surface area (Å²) in [5.74, 6) is 0. The first-order valence-corrected chi connectivity index (χ1v) is 7.22. The molecular weight excluding hydrogens is 238 g/mol. The van der Waals surface area contributed by atoms with Gasteiger partial charge >= 0.3 is 0 Å². The topological polar surface area (TPSA) is 37.4 Å². The highest BCUT2D eigenvalue weighted by atomic mass is 16.5. The molecule has 0 aliphatic carbocycles. The third-order valence-corrected chi connectivity index (χ3v) is 4.47. The van der Waals surface area contributed by atoms with Crippen LogP contribution in [-0.4, -0.2) is 48.3 Å². The zero-order valence-corrected chi connectivity index (χ0v) is 11.6. The highest BCUT2D eigenvalue weighted by molar-refractivity contribution is 5.04. The summed E-state index contributed by atoms with van der Waals surface area (Å²) in [6.07, 6.45) is 5.34. The molecule has 4 nitrogen and oxygen atoms in total. The van der Waals surface area contributed by atoms with Crippen LogP contribution in [0.5, 0.6) is 0 Å². The number of hydrogen-bond donors (Lipinski definition) is 1. The highest BCUT2D eigenvalue weighted by Gasteiger charge is 2.42. The van der Waals surface area contributed by atoms with Gasteiger partial charge in [-0.1, -0.05) is 6.07 Å². The van der Waals surface area contributed by atoms with Crippen LogP contribution in [0.15, 0.2) is 24.4 Å². The Balaban J connectivity index is 1.58. The van der Waals surface area contributed by atoms with Gasteiger partial charge in [0.1, 0.15) is 0 Å². The van der Waals surface area contributed by atoms with Crippen LogP contribution in [0.3, 0.4) is 0 Å². The number of nitrogens with zero attached hydrogens (tertiary/aromatic N) is 2. The number of nitrogens with one attached hydrogen (secondary N) is 1. The van der Waals surface area contributed by atoms with Crippen LogP contribution in [0, 0.1) is 0 Å². The van der Waals surface area contributed by atoms with Gasteiger partial charge in [0.05, 0.1) is 17.9 Å². The van der Waals surface area contributed by atoms with E-state index in [-0.39, 0.29) is 5.60 Å². The lowest BCUT2D eigenvalue weighted by molar-refractivity contribution is -0.0201. The Hall–Kier alpha value is -0.970. The highest BCUT2D eigenvalue weighted by Crippen LogP contribution is 2.35. The fourth-order valence-corrected chi connectivity index (χ4v) is 3.21. The average Bonchev–Trinajstić information content (AvgIpc) is 2.85. The number of rotatable bonds is 3. The van der Waals surface area contributed by atoms with Crippen LogP contribution < -0.4 is 5.32 Å². The molecule has 1 atom stereocenters. The van der Waals surface area contributed by atoms with E-state index in [1.165, 1.54) is 0 Å². The summed E-state index contributed by atoms with van der Waals surface area (Å²) in [6.45, 7) is 3.96. The molecule has 1 spiro atoms. The first-order chi connectivity index (χ1) is 9.27. The summed E-state index contributed by atoms with van der Waals surface area (Å²) in [4.78, 5) is 6.79. The summed E-state index contributed by atoms with van der Waals surface area (Å²) >= 11 is 0. The minimum absolute atomic E-state index is 0.147. The Bertz CT molecular complexity index is 403. The van der Waals surface area contributed by atoms with E-state index in [1.807, 2.05) is 12.3 Å². The zero-order valence-electron chi connectivity index (χ0n) is 11.6. The molecule has 1 aromatic heterocycles. The molecule has 2 aliphatic heterocycles. The lowest BCUT2D eigenvalue weighted by Gasteiger charge is -2.33. The molecule has 0 saturated carbocycles. The van der Waals surface area contributed by atoms with Crippen LogP contribution in [0.1, 0.15) is 25.0 Å². The van der Waals surface area contributed by atoms with Gasteiger partial charge in [-0.05, 0) is 51.5 Å². The van der Waals surface area contributed by atoms with E-state index < -0.39 is 0 Å². The Morgan fingerprint density at radius 1 is 1.42 bits per heavy atom. The van der Waals surface area contributed by atoms with Gasteiger partial charge in [-0.15, -0.1) is 0 Å². The molecule has 0 bridgehead atoms. The molecular formula is C15H23N3O. The number of pyridine rings is 1. The smallest absolute Gasteiger partial charge is 0.0723 e. The van der Waals surface area contributed by atoms with Crippen molar-refractivity contribution in [2.24, 2.45) is 0 Å². The lowest BCUT2D eigenvalue weighted by Crippen LogP contribution is -2.42. The average molecular weight is 261 g/mol. The van der Waals surface area contributed by atoms with Crippen LogP contribution >= 0.6 is 0 Å². The van der Waals surface area contributed by atoms with Gasteiger partial charge in [-0.3, -0.25) is 9.88 Å². The predicted octanol–water partition coefficient (Wildman–Crippen LogP) is 1.42. The second-order valence-electron chi connectivity index (χ2n) is 5.84. The maximum atomic E-state index is 6.15. The van der Waals surface area contributed by atoms with Crippen molar-refractivity contribution in [2.45, 2.75) is 37.5 Å². The SMILES string of the molecule is CN(Cc1ccccn1)C1COC2(CCNCC2)C1. The first kappa shape index (κ1) is 13.0. The second-order valence-corrected chi connectivity index (χ2v) is 5.84.